The molecule has 0 aromatic rings. The highest BCUT2D eigenvalue weighted by molar-refractivity contribution is 5.92. The number of rotatable bonds is 4. The first-order valence-corrected chi connectivity index (χ1v) is 9.01. The molecule has 1 saturated heterocycles. The number of carbonyl (C=O) groups is 3. The molecular formula is C20H24O7. The number of hydrogen-bond acceptors (Lipinski definition) is 7. The van der Waals surface area contributed by atoms with Crippen LogP contribution in [0.3, 0.4) is 0 Å². The Labute approximate surface area is 157 Å². The minimum absolute atomic E-state index is 0.130. The summed E-state index contributed by atoms with van der Waals surface area (Å²) in [6.45, 7) is 6.56. The molecule has 27 heavy (non-hydrogen) atoms. The van der Waals surface area contributed by atoms with E-state index in [1.165, 1.54) is 6.08 Å². The van der Waals surface area contributed by atoms with Crippen molar-refractivity contribution in [1.82, 2.24) is 0 Å². The van der Waals surface area contributed by atoms with Crippen molar-refractivity contribution in [2.24, 2.45) is 17.8 Å². The van der Waals surface area contributed by atoms with Gasteiger partial charge in [0, 0.05) is 17.1 Å². The normalized spacial score (nSPS) is 38.4. The van der Waals surface area contributed by atoms with E-state index < -0.39 is 54.1 Å². The number of allylic oxidation sites excluding steroid dienone is 2. The Morgan fingerprint density at radius 3 is 2.81 bits per heavy atom. The van der Waals surface area contributed by atoms with Crippen molar-refractivity contribution < 1.29 is 34.1 Å². The van der Waals surface area contributed by atoms with Gasteiger partial charge in [-0.2, -0.15) is 0 Å². The molecule has 2 aliphatic carbocycles. The van der Waals surface area contributed by atoms with Gasteiger partial charge in [-0.05, 0) is 44.3 Å². The maximum absolute atomic E-state index is 12.3. The minimum Gasteiger partial charge on any atom is -0.458 e. The van der Waals surface area contributed by atoms with Gasteiger partial charge >= 0.3 is 11.9 Å². The summed E-state index contributed by atoms with van der Waals surface area (Å²) in [5, 5.41) is 20.7. The SMILES string of the molecule is C=C1C(=O)OC2C1C(OC(=O)C(C)=CC)C=C(C=O)C1CCC(O)(CO)C12. The van der Waals surface area contributed by atoms with E-state index in [1.54, 1.807) is 19.9 Å². The van der Waals surface area contributed by atoms with Gasteiger partial charge in [-0.15, -0.1) is 0 Å². The zero-order valence-electron chi connectivity index (χ0n) is 15.4. The summed E-state index contributed by atoms with van der Waals surface area (Å²) in [4.78, 5) is 36.3. The summed E-state index contributed by atoms with van der Waals surface area (Å²) >= 11 is 0. The van der Waals surface area contributed by atoms with Crippen molar-refractivity contribution in [2.45, 2.75) is 44.5 Å². The van der Waals surface area contributed by atoms with Gasteiger partial charge in [0.1, 0.15) is 18.5 Å². The molecule has 7 nitrogen and oxygen atoms in total. The number of ether oxygens (including phenoxy) is 2. The molecule has 6 unspecified atom stereocenters. The molecule has 0 aromatic heterocycles. The minimum atomic E-state index is -1.49. The first-order chi connectivity index (χ1) is 12.8. The summed E-state index contributed by atoms with van der Waals surface area (Å²) in [5.41, 5.74) is -0.595. The molecule has 2 fully saturated rings. The molecule has 2 N–H and O–H groups in total. The van der Waals surface area contributed by atoms with Gasteiger partial charge in [0.15, 0.2) is 0 Å². The van der Waals surface area contributed by atoms with Crippen LogP contribution in [-0.2, 0) is 23.9 Å². The fourth-order valence-corrected chi connectivity index (χ4v) is 4.49. The van der Waals surface area contributed by atoms with Crippen molar-refractivity contribution in [3.63, 3.8) is 0 Å². The maximum atomic E-state index is 12.3. The Balaban J connectivity index is 2.08. The highest BCUT2D eigenvalue weighted by atomic mass is 16.6. The van der Waals surface area contributed by atoms with Gasteiger partial charge in [-0.1, -0.05) is 12.7 Å². The van der Waals surface area contributed by atoms with Crippen LogP contribution in [0.2, 0.25) is 0 Å². The topological polar surface area (TPSA) is 110 Å². The van der Waals surface area contributed by atoms with Gasteiger partial charge in [0.25, 0.3) is 0 Å². The number of carbonyl (C=O) groups excluding carboxylic acids is 3. The number of fused-ring (bicyclic) bond motifs is 3. The molecule has 6 atom stereocenters. The lowest BCUT2D eigenvalue weighted by Crippen LogP contribution is -2.48. The van der Waals surface area contributed by atoms with Crippen molar-refractivity contribution in [3.8, 4) is 0 Å². The van der Waals surface area contributed by atoms with E-state index in [4.69, 9.17) is 9.47 Å². The largest absolute Gasteiger partial charge is 0.458 e. The van der Waals surface area contributed by atoms with Crippen LogP contribution >= 0.6 is 0 Å². The first-order valence-electron chi connectivity index (χ1n) is 9.01. The lowest BCUT2D eigenvalue weighted by atomic mass is 9.75. The van der Waals surface area contributed by atoms with Crippen LogP contribution in [0.25, 0.3) is 0 Å². The van der Waals surface area contributed by atoms with Crippen molar-refractivity contribution in [3.05, 3.63) is 35.5 Å². The van der Waals surface area contributed by atoms with Crippen molar-refractivity contribution >= 4 is 18.2 Å². The summed E-state index contributed by atoms with van der Waals surface area (Å²) < 4.78 is 11.1. The Morgan fingerprint density at radius 2 is 2.22 bits per heavy atom. The summed E-state index contributed by atoms with van der Waals surface area (Å²) in [6.07, 6.45) is 2.78. The fourth-order valence-electron chi connectivity index (χ4n) is 4.49. The molecule has 0 amide bonds. The average Bonchev–Trinajstić information content (AvgIpc) is 3.10. The zero-order chi connectivity index (χ0) is 19.9. The van der Waals surface area contributed by atoms with Gasteiger partial charge in [0.2, 0.25) is 0 Å². The molecule has 146 valence electrons. The molecule has 0 radical (unpaired) electrons. The number of aldehydes is 1. The average molecular weight is 376 g/mol. The molecule has 7 heteroatoms. The molecule has 1 saturated carbocycles. The Bertz CT molecular complexity index is 749. The van der Waals surface area contributed by atoms with Crippen LogP contribution in [0.4, 0.5) is 0 Å². The maximum Gasteiger partial charge on any atom is 0.334 e. The number of esters is 2. The van der Waals surface area contributed by atoms with Gasteiger partial charge in [-0.25, -0.2) is 9.59 Å². The molecular weight excluding hydrogens is 352 g/mol. The second kappa shape index (κ2) is 7.05. The summed E-state index contributed by atoms with van der Waals surface area (Å²) in [5.74, 6) is -3.01. The van der Waals surface area contributed by atoms with Crippen LogP contribution in [0, 0.1) is 17.8 Å². The van der Waals surface area contributed by atoms with Gasteiger partial charge < -0.3 is 19.7 Å². The van der Waals surface area contributed by atoms with E-state index in [-0.39, 0.29) is 12.0 Å². The van der Waals surface area contributed by atoms with Crippen LogP contribution in [0.1, 0.15) is 26.7 Å². The quantitative estimate of drug-likeness (QED) is 0.425. The highest BCUT2D eigenvalue weighted by Gasteiger charge is 2.60. The molecule has 3 rings (SSSR count). The zero-order valence-corrected chi connectivity index (χ0v) is 15.4. The van der Waals surface area contributed by atoms with Gasteiger partial charge in [-0.3, -0.25) is 4.79 Å². The molecule has 3 aliphatic rings. The smallest absolute Gasteiger partial charge is 0.334 e. The molecule has 0 spiro atoms. The number of aliphatic hydroxyl groups is 2. The Morgan fingerprint density at radius 1 is 1.52 bits per heavy atom. The van der Waals surface area contributed by atoms with E-state index in [0.717, 1.165) is 0 Å². The standard InChI is InChI=1S/C20H24O7/c1-4-10(2)18(23)26-14-7-12(8-21)13-5-6-20(25,9-22)16(13)17-15(14)11(3)19(24)27-17/h4,7-8,13-17,22,25H,3,5-6,9H2,1-2H3. The monoisotopic (exact) mass is 376 g/mol. The van der Waals surface area contributed by atoms with E-state index >= 15 is 0 Å². The van der Waals surface area contributed by atoms with E-state index in [9.17, 15) is 24.6 Å². The number of hydrogen-bond donors (Lipinski definition) is 2. The predicted molar refractivity (Wildman–Crippen MR) is 94.2 cm³/mol. The van der Waals surface area contributed by atoms with Crippen molar-refractivity contribution in [1.29, 1.82) is 0 Å². The van der Waals surface area contributed by atoms with Crippen LogP contribution in [-0.4, -0.2) is 52.9 Å². The third kappa shape index (κ3) is 3.04. The molecule has 1 aliphatic heterocycles. The lowest BCUT2D eigenvalue weighted by molar-refractivity contribution is -0.154. The molecule has 0 bridgehead atoms. The van der Waals surface area contributed by atoms with E-state index in [1.807, 2.05) is 0 Å². The second-order valence-corrected chi connectivity index (χ2v) is 7.48. The Kier molecular flexibility index (Phi) is 5.10. The van der Waals surface area contributed by atoms with E-state index in [2.05, 4.69) is 6.58 Å². The van der Waals surface area contributed by atoms with Crippen molar-refractivity contribution in [2.75, 3.05) is 6.61 Å². The van der Waals surface area contributed by atoms with E-state index in [0.29, 0.717) is 23.9 Å². The molecule has 0 aromatic carbocycles. The second-order valence-electron chi connectivity index (χ2n) is 7.48. The van der Waals surface area contributed by atoms with Crippen LogP contribution in [0.15, 0.2) is 35.5 Å². The highest BCUT2D eigenvalue weighted by Crippen LogP contribution is 2.53. The Hall–Kier alpha value is -2.25. The van der Waals surface area contributed by atoms with Crippen LogP contribution in [0.5, 0.6) is 0 Å². The first kappa shape index (κ1) is 19.5. The fraction of sp³-hybridized carbons (Fsp3) is 0.550. The third-order valence-electron chi connectivity index (χ3n) is 6.10. The summed E-state index contributed by atoms with van der Waals surface area (Å²) in [6, 6.07) is 0. The number of aliphatic hydroxyl groups excluding tert-OH is 1. The third-order valence-corrected chi connectivity index (χ3v) is 6.10. The lowest BCUT2D eigenvalue weighted by Gasteiger charge is -2.36. The predicted octanol–water partition coefficient (Wildman–Crippen LogP) is 0.851. The summed E-state index contributed by atoms with van der Waals surface area (Å²) in [7, 11) is 0. The van der Waals surface area contributed by atoms with Gasteiger partial charge in [0.05, 0.1) is 18.1 Å². The molecule has 1 heterocycles. The van der Waals surface area contributed by atoms with Crippen LogP contribution < -0.4 is 0 Å².